The number of aliphatic hydroxyl groups excluding tert-OH is 1. The van der Waals surface area contributed by atoms with E-state index in [1.807, 2.05) is 0 Å². The first kappa shape index (κ1) is 17.2. The van der Waals surface area contributed by atoms with Crippen LogP contribution < -0.4 is 10.1 Å². The zero-order valence-corrected chi connectivity index (χ0v) is 14.1. The zero-order chi connectivity index (χ0) is 15.9. The SMILES string of the molecule is COCCOc1ncc(C(=O)NC2CCCCC2O)cc1Br. The Hall–Kier alpha value is -1.18. The second kappa shape index (κ2) is 8.45. The fourth-order valence-corrected chi connectivity index (χ4v) is 2.87. The topological polar surface area (TPSA) is 80.7 Å². The van der Waals surface area contributed by atoms with Crippen molar-refractivity contribution in [3.63, 3.8) is 0 Å². The number of nitrogens with one attached hydrogen (secondary N) is 1. The van der Waals surface area contributed by atoms with Crippen molar-refractivity contribution in [2.75, 3.05) is 20.3 Å². The quantitative estimate of drug-likeness (QED) is 0.745. The van der Waals surface area contributed by atoms with E-state index in [4.69, 9.17) is 9.47 Å². The van der Waals surface area contributed by atoms with Gasteiger partial charge in [-0.25, -0.2) is 4.98 Å². The van der Waals surface area contributed by atoms with Crippen LogP contribution in [0, 0.1) is 0 Å². The molecule has 0 saturated heterocycles. The number of carbonyl (C=O) groups is 1. The van der Waals surface area contributed by atoms with E-state index in [0.29, 0.717) is 29.1 Å². The van der Waals surface area contributed by atoms with E-state index in [9.17, 15) is 9.90 Å². The minimum atomic E-state index is -0.467. The number of ether oxygens (including phenoxy) is 2. The van der Waals surface area contributed by atoms with Gasteiger partial charge in [0, 0.05) is 13.3 Å². The predicted octanol–water partition coefficient (Wildman–Crippen LogP) is 1.90. The summed E-state index contributed by atoms with van der Waals surface area (Å²) >= 11 is 3.35. The molecule has 1 aromatic heterocycles. The molecule has 1 amide bonds. The van der Waals surface area contributed by atoms with Gasteiger partial charge in [-0.2, -0.15) is 0 Å². The van der Waals surface area contributed by atoms with Crippen LogP contribution >= 0.6 is 15.9 Å². The van der Waals surface area contributed by atoms with E-state index in [1.165, 1.54) is 6.20 Å². The Bertz CT molecular complexity index is 512. The highest BCUT2D eigenvalue weighted by Gasteiger charge is 2.25. The number of hydrogen-bond donors (Lipinski definition) is 2. The van der Waals surface area contributed by atoms with Gasteiger partial charge in [0.2, 0.25) is 5.88 Å². The third-order valence-corrected chi connectivity index (χ3v) is 4.21. The molecule has 0 aromatic carbocycles. The van der Waals surface area contributed by atoms with Gasteiger partial charge in [-0.15, -0.1) is 0 Å². The average Bonchev–Trinajstić information content (AvgIpc) is 2.51. The molecule has 2 rings (SSSR count). The average molecular weight is 373 g/mol. The Kier molecular flexibility index (Phi) is 6.60. The van der Waals surface area contributed by atoms with Crippen molar-refractivity contribution >= 4 is 21.8 Å². The van der Waals surface area contributed by atoms with Gasteiger partial charge in [0.25, 0.3) is 5.91 Å². The van der Waals surface area contributed by atoms with E-state index in [2.05, 4.69) is 26.2 Å². The molecule has 1 aliphatic rings. The van der Waals surface area contributed by atoms with Crippen LogP contribution in [0.15, 0.2) is 16.7 Å². The molecule has 0 aliphatic heterocycles. The van der Waals surface area contributed by atoms with Crippen molar-refractivity contribution in [2.24, 2.45) is 0 Å². The van der Waals surface area contributed by atoms with Crippen LogP contribution in [-0.2, 0) is 4.74 Å². The van der Waals surface area contributed by atoms with Gasteiger partial charge in [-0.3, -0.25) is 4.79 Å². The number of amides is 1. The van der Waals surface area contributed by atoms with Crippen molar-refractivity contribution in [3.05, 3.63) is 22.3 Å². The molecular weight excluding hydrogens is 352 g/mol. The number of hydrogen-bond acceptors (Lipinski definition) is 5. The predicted molar refractivity (Wildman–Crippen MR) is 85.0 cm³/mol. The van der Waals surface area contributed by atoms with Gasteiger partial charge in [0.05, 0.1) is 28.8 Å². The lowest BCUT2D eigenvalue weighted by atomic mass is 9.92. The lowest BCUT2D eigenvalue weighted by molar-refractivity contribution is 0.0717. The number of nitrogens with zero attached hydrogens (tertiary/aromatic N) is 1. The molecule has 2 unspecified atom stereocenters. The summed E-state index contributed by atoms with van der Waals surface area (Å²) in [6.45, 7) is 0.859. The van der Waals surface area contributed by atoms with E-state index in [0.717, 1.165) is 25.7 Å². The highest BCUT2D eigenvalue weighted by Crippen LogP contribution is 2.24. The van der Waals surface area contributed by atoms with Gasteiger partial charge in [0.1, 0.15) is 6.61 Å². The van der Waals surface area contributed by atoms with Crippen molar-refractivity contribution in [1.29, 1.82) is 0 Å². The highest BCUT2D eigenvalue weighted by molar-refractivity contribution is 9.10. The lowest BCUT2D eigenvalue weighted by Crippen LogP contribution is -2.45. The van der Waals surface area contributed by atoms with E-state index >= 15 is 0 Å². The number of halogens is 1. The fraction of sp³-hybridized carbons (Fsp3) is 0.600. The number of aromatic nitrogens is 1. The van der Waals surface area contributed by atoms with Crippen molar-refractivity contribution in [1.82, 2.24) is 10.3 Å². The number of rotatable bonds is 6. The smallest absolute Gasteiger partial charge is 0.253 e. The molecule has 0 spiro atoms. The summed E-state index contributed by atoms with van der Waals surface area (Å²) in [7, 11) is 1.60. The summed E-state index contributed by atoms with van der Waals surface area (Å²) in [5.74, 6) is 0.189. The highest BCUT2D eigenvalue weighted by atomic mass is 79.9. The van der Waals surface area contributed by atoms with Crippen molar-refractivity contribution in [3.8, 4) is 5.88 Å². The first-order valence-corrected chi connectivity index (χ1v) is 8.17. The third kappa shape index (κ3) is 4.66. The molecule has 0 radical (unpaired) electrons. The number of pyridine rings is 1. The van der Waals surface area contributed by atoms with E-state index < -0.39 is 6.10 Å². The summed E-state index contributed by atoms with van der Waals surface area (Å²) in [6, 6.07) is 1.48. The molecule has 1 saturated carbocycles. The van der Waals surface area contributed by atoms with Crippen LogP contribution in [0.4, 0.5) is 0 Å². The molecular formula is C15H21BrN2O4. The lowest BCUT2D eigenvalue weighted by Gasteiger charge is -2.28. The molecule has 1 heterocycles. The molecule has 22 heavy (non-hydrogen) atoms. The van der Waals surface area contributed by atoms with Crippen LogP contribution in [0.2, 0.25) is 0 Å². The van der Waals surface area contributed by atoms with Gasteiger partial charge in [0.15, 0.2) is 0 Å². The Morgan fingerprint density at radius 3 is 2.91 bits per heavy atom. The van der Waals surface area contributed by atoms with Crippen LogP contribution in [0.5, 0.6) is 5.88 Å². The minimum Gasteiger partial charge on any atom is -0.474 e. The van der Waals surface area contributed by atoms with Gasteiger partial charge in [-0.1, -0.05) is 12.8 Å². The third-order valence-electron chi connectivity index (χ3n) is 3.64. The Morgan fingerprint density at radius 1 is 1.45 bits per heavy atom. The molecule has 122 valence electrons. The summed E-state index contributed by atoms with van der Waals surface area (Å²) in [5, 5.41) is 12.8. The molecule has 7 heteroatoms. The molecule has 2 N–H and O–H groups in total. The number of carbonyl (C=O) groups excluding carboxylic acids is 1. The maximum absolute atomic E-state index is 12.2. The fourth-order valence-electron chi connectivity index (χ4n) is 2.41. The summed E-state index contributed by atoms with van der Waals surface area (Å²) in [5.41, 5.74) is 0.434. The molecule has 6 nitrogen and oxygen atoms in total. The van der Waals surface area contributed by atoms with Crippen LogP contribution in [-0.4, -0.2) is 48.5 Å². The van der Waals surface area contributed by atoms with E-state index in [-0.39, 0.29) is 11.9 Å². The van der Waals surface area contributed by atoms with Crippen molar-refractivity contribution < 1.29 is 19.4 Å². The van der Waals surface area contributed by atoms with Crippen LogP contribution in [0.25, 0.3) is 0 Å². The van der Waals surface area contributed by atoms with Gasteiger partial charge in [-0.05, 0) is 34.8 Å². The largest absolute Gasteiger partial charge is 0.474 e. The first-order chi connectivity index (χ1) is 10.6. The molecule has 1 fully saturated rings. The Labute approximate surface area is 138 Å². The monoisotopic (exact) mass is 372 g/mol. The van der Waals surface area contributed by atoms with Gasteiger partial charge < -0.3 is 19.9 Å². The maximum atomic E-state index is 12.2. The Balaban J connectivity index is 1.96. The molecule has 2 atom stereocenters. The summed E-state index contributed by atoms with van der Waals surface area (Å²) in [4.78, 5) is 16.4. The minimum absolute atomic E-state index is 0.183. The standard InChI is InChI=1S/C15H21BrN2O4/c1-21-6-7-22-15-11(16)8-10(9-17-15)14(20)18-12-4-2-3-5-13(12)19/h8-9,12-13,19H,2-7H2,1H3,(H,18,20). The molecule has 1 aliphatic carbocycles. The zero-order valence-electron chi connectivity index (χ0n) is 12.5. The van der Waals surface area contributed by atoms with Crippen molar-refractivity contribution in [2.45, 2.75) is 37.8 Å². The maximum Gasteiger partial charge on any atom is 0.253 e. The molecule has 0 bridgehead atoms. The Morgan fingerprint density at radius 2 is 2.23 bits per heavy atom. The van der Waals surface area contributed by atoms with Crippen LogP contribution in [0.3, 0.4) is 0 Å². The summed E-state index contributed by atoms with van der Waals surface area (Å²) < 4.78 is 10.9. The van der Waals surface area contributed by atoms with Crippen LogP contribution in [0.1, 0.15) is 36.0 Å². The second-order valence-electron chi connectivity index (χ2n) is 5.28. The normalized spacial score (nSPS) is 21.4. The molecule has 1 aromatic rings. The first-order valence-electron chi connectivity index (χ1n) is 7.38. The number of methoxy groups -OCH3 is 1. The van der Waals surface area contributed by atoms with E-state index in [1.54, 1.807) is 13.2 Å². The summed E-state index contributed by atoms with van der Waals surface area (Å²) in [6.07, 6.45) is 4.58. The van der Waals surface area contributed by atoms with Gasteiger partial charge >= 0.3 is 0 Å². The second-order valence-corrected chi connectivity index (χ2v) is 6.14. The number of aliphatic hydroxyl groups is 1.